The molecule has 1 amide bonds. The fraction of sp³-hybridized carbons (Fsp3) is 0.867. The van der Waals surface area contributed by atoms with Gasteiger partial charge in [0.25, 0.3) is 0 Å². The Balaban J connectivity index is 2.06. The fourth-order valence-corrected chi connectivity index (χ4v) is 3.53. The maximum Gasteiger partial charge on any atom is 0.311 e. The van der Waals surface area contributed by atoms with Crippen LogP contribution in [0.15, 0.2) is 0 Å². The van der Waals surface area contributed by atoms with E-state index in [0.29, 0.717) is 25.4 Å². The molecule has 1 unspecified atom stereocenters. The van der Waals surface area contributed by atoms with E-state index in [2.05, 4.69) is 13.8 Å². The van der Waals surface area contributed by atoms with Crippen LogP contribution in [0.5, 0.6) is 0 Å². The standard InChI is InChI=1S/C15H25NO3/c1-11(2)9-15(5-4-6-15)12(17)16-8-7-14(3,10-16)13(18)19/h11H,4-10H2,1-3H3,(H,18,19). The molecule has 1 saturated carbocycles. The normalized spacial score (nSPS) is 29.4. The molecule has 0 bridgehead atoms. The van der Waals surface area contributed by atoms with Gasteiger partial charge in [-0.05, 0) is 38.5 Å². The Morgan fingerprint density at radius 3 is 2.26 bits per heavy atom. The van der Waals surface area contributed by atoms with E-state index in [4.69, 9.17) is 0 Å². The molecule has 1 saturated heterocycles. The first-order valence-electron chi connectivity index (χ1n) is 7.32. The quantitative estimate of drug-likeness (QED) is 0.851. The Bertz CT molecular complexity index is 387. The van der Waals surface area contributed by atoms with Gasteiger partial charge in [0.05, 0.1) is 5.41 Å². The van der Waals surface area contributed by atoms with E-state index >= 15 is 0 Å². The van der Waals surface area contributed by atoms with Gasteiger partial charge in [0.2, 0.25) is 5.91 Å². The molecule has 19 heavy (non-hydrogen) atoms. The molecule has 0 aromatic carbocycles. The van der Waals surface area contributed by atoms with Gasteiger partial charge in [-0.2, -0.15) is 0 Å². The molecule has 0 aromatic heterocycles. The smallest absolute Gasteiger partial charge is 0.311 e. The summed E-state index contributed by atoms with van der Waals surface area (Å²) in [6.07, 6.45) is 4.59. The van der Waals surface area contributed by atoms with Gasteiger partial charge in [0.15, 0.2) is 0 Å². The summed E-state index contributed by atoms with van der Waals surface area (Å²) in [7, 11) is 0. The molecule has 1 atom stereocenters. The van der Waals surface area contributed by atoms with Gasteiger partial charge in [-0.3, -0.25) is 9.59 Å². The fourth-order valence-electron chi connectivity index (χ4n) is 3.53. The van der Waals surface area contributed by atoms with Crippen LogP contribution >= 0.6 is 0 Å². The Labute approximate surface area is 115 Å². The van der Waals surface area contributed by atoms with E-state index in [1.807, 2.05) is 0 Å². The molecular weight excluding hydrogens is 242 g/mol. The summed E-state index contributed by atoms with van der Waals surface area (Å²) in [4.78, 5) is 25.8. The lowest BCUT2D eigenvalue weighted by molar-refractivity contribution is -0.151. The number of likely N-dealkylation sites (tertiary alicyclic amines) is 1. The molecule has 2 aliphatic rings. The summed E-state index contributed by atoms with van der Waals surface area (Å²) in [6.45, 7) is 7.03. The highest BCUT2D eigenvalue weighted by atomic mass is 16.4. The summed E-state index contributed by atoms with van der Waals surface area (Å²) < 4.78 is 0. The minimum atomic E-state index is -0.783. The lowest BCUT2D eigenvalue weighted by Gasteiger charge is -2.44. The van der Waals surface area contributed by atoms with Gasteiger partial charge in [-0.25, -0.2) is 0 Å². The zero-order valence-electron chi connectivity index (χ0n) is 12.2. The molecular formula is C15H25NO3. The molecule has 1 aliphatic heterocycles. The first-order chi connectivity index (χ1) is 8.79. The number of carbonyl (C=O) groups is 2. The average molecular weight is 267 g/mol. The Hall–Kier alpha value is -1.06. The molecule has 0 spiro atoms. The maximum atomic E-state index is 12.7. The minimum absolute atomic E-state index is 0.183. The Kier molecular flexibility index (Phi) is 3.63. The van der Waals surface area contributed by atoms with Crippen LogP contribution < -0.4 is 0 Å². The van der Waals surface area contributed by atoms with Gasteiger partial charge in [-0.1, -0.05) is 20.3 Å². The molecule has 4 heteroatoms. The number of rotatable bonds is 4. The highest BCUT2D eigenvalue weighted by Gasteiger charge is 2.50. The van der Waals surface area contributed by atoms with Crippen LogP contribution in [-0.2, 0) is 9.59 Å². The van der Waals surface area contributed by atoms with Crippen molar-refractivity contribution in [3.8, 4) is 0 Å². The second-order valence-corrected chi connectivity index (χ2v) is 7.07. The SMILES string of the molecule is CC(C)CC1(C(=O)N2CCC(C)(C(=O)O)C2)CCC1. The maximum absolute atomic E-state index is 12.7. The van der Waals surface area contributed by atoms with Crippen molar-refractivity contribution in [1.82, 2.24) is 4.90 Å². The van der Waals surface area contributed by atoms with E-state index in [9.17, 15) is 14.7 Å². The van der Waals surface area contributed by atoms with Gasteiger partial charge in [0.1, 0.15) is 0 Å². The second-order valence-electron chi connectivity index (χ2n) is 7.07. The largest absolute Gasteiger partial charge is 0.481 e. The Morgan fingerprint density at radius 2 is 1.89 bits per heavy atom. The molecule has 1 heterocycles. The summed E-state index contributed by atoms with van der Waals surface area (Å²) in [6, 6.07) is 0. The first-order valence-corrected chi connectivity index (χ1v) is 7.32. The third-order valence-electron chi connectivity index (χ3n) is 4.84. The lowest BCUT2D eigenvalue weighted by Crippen LogP contribution is -2.48. The van der Waals surface area contributed by atoms with E-state index in [0.717, 1.165) is 25.7 Å². The molecule has 1 N–H and O–H groups in total. The number of carboxylic acid groups (broad SMARTS) is 1. The molecule has 2 rings (SSSR count). The van der Waals surface area contributed by atoms with Crippen molar-refractivity contribution in [3.63, 3.8) is 0 Å². The molecule has 2 fully saturated rings. The molecule has 108 valence electrons. The van der Waals surface area contributed by atoms with Crippen molar-refractivity contribution in [2.45, 2.75) is 52.9 Å². The first kappa shape index (κ1) is 14.4. The van der Waals surface area contributed by atoms with Crippen molar-refractivity contribution >= 4 is 11.9 Å². The number of aliphatic carboxylic acids is 1. The van der Waals surface area contributed by atoms with Crippen LogP contribution in [0.2, 0.25) is 0 Å². The van der Waals surface area contributed by atoms with Crippen LogP contribution in [0.25, 0.3) is 0 Å². The number of carbonyl (C=O) groups excluding carboxylic acids is 1. The number of amides is 1. The Morgan fingerprint density at radius 1 is 1.26 bits per heavy atom. The van der Waals surface area contributed by atoms with Gasteiger partial charge >= 0.3 is 5.97 Å². The van der Waals surface area contributed by atoms with Crippen LogP contribution in [0.1, 0.15) is 52.9 Å². The van der Waals surface area contributed by atoms with Gasteiger partial charge in [0, 0.05) is 18.5 Å². The summed E-state index contributed by atoms with van der Waals surface area (Å²) >= 11 is 0. The molecule has 1 aliphatic carbocycles. The third kappa shape index (κ3) is 2.49. The van der Waals surface area contributed by atoms with Crippen molar-refractivity contribution in [2.24, 2.45) is 16.7 Å². The van der Waals surface area contributed by atoms with E-state index in [1.165, 1.54) is 0 Å². The molecule has 0 aromatic rings. The van der Waals surface area contributed by atoms with Crippen molar-refractivity contribution in [2.75, 3.05) is 13.1 Å². The second kappa shape index (κ2) is 4.80. The summed E-state index contributed by atoms with van der Waals surface area (Å²) in [5, 5.41) is 9.25. The highest BCUT2D eigenvalue weighted by Crippen LogP contribution is 2.48. The van der Waals surface area contributed by atoms with Gasteiger partial charge < -0.3 is 10.0 Å². The van der Waals surface area contributed by atoms with Crippen molar-refractivity contribution in [1.29, 1.82) is 0 Å². The van der Waals surface area contributed by atoms with Crippen LogP contribution in [-0.4, -0.2) is 35.0 Å². The average Bonchev–Trinajstić information content (AvgIpc) is 2.66. The topological polar surface area (TPSA) is 57.6 Å². The van der Waals surface area contributed by atoms with Crippen LogP contribution in [0.4, 0.5) is 0 Å². The number of carboxylic acids is 1. The number of nitrogens with zero attached hydrogens (tertiary/aromatic N) is 1. The van der Waals surface area contributed by atoms with Crippen molar-refractivity contribution in [3.05, 3.63) is 0 Å². The minimum Gasteiger partial charge on any atom is -0.481 e. The zero-order valence-corrected chi connectivity index (χ0v) is 12.2. The molecule has 4 nitrogen and oxygen atoms in total. The van der Waals surface area contributed by atoms with E-state index in [1.54, 1.807) is 11.8 Å². The lowest BCUT2D eigenvalue weighted by atomic mass is 9.63. The summed E-state index contributed by atoms with van der Waals surface area (Å²) in [5.74, 6) is -0.0653. The van der Waals surface area contributed by atoms with Crippen LogP contribution in [0, 0.1) is 16.7 Å². The number of hydrogen-bond donors (Lipinski definition) is 1. The monoisotopic (exact) mass is 267 g/mol. The van der Waals surface area contributed by atoms with Crippen molar-refractivity contribution < 1.29 is 14.7 Å². The zero-order chi connectivity index (χ0) is 14.3. The third-order valence-corrected chi connectivity index (χ3v) is 4.84. The predicted molar refractivity (Wildman–Crippen MR) is 72.7 cm³/mol. The molecule has 0 radical (unpaired) electrons. The van der Waals surface area contributed by atoms with E-state index < -0.39 is 11.4 Å². The van der Waals surface area contributed by atoms with Crippen LogP contribution in [0.3, 0.4) is 0 Å². The number of hydrogen-bond acceptors (Lipinski definition) is 2. The van der Waals surface area contributed by atoms with Gasteiger partial charge in [-0.15, -0.1) is 0 Å². The predicted octanol–water partition coefficient (Wildman–Crippen LogP) is 2.53. The van der Waals surface area contributed by atoms with E-state index in [-0.39, 0.29) is 11.3 Å². The highest BCUT2D eigenvalue weighted by molar-refractivity contribution is 5.85. The summed E-state index contributed by atoms with van der Waals surface area (Å²) in [5.41, 5.74) is -0.934.